The number of sulfone groups is 1. The molecule has 0 saturated heterocycles. The zero-order valence-electron chi connectivity index (χ0n) is 16.6. The predicted octanol–water partition coefficient (Wildman–Crippen LogP) is 4.60. The summed E-state index contributed by atoms with van der Waals surface area (Å²) in [6.07, 6.45) is 0. The summed E-state index contributed by atoms with van der Waals surface area (Å²) in [7, 11) is -1.93. The summed E-state index contributed by atoms with van der Waals surface area (Å²) >= 11 is 0. The second kappa shape index (κ2) is 8.09. The molecule has 0 amide bonds. The van der Waals surface area contributed by atoms with Gasteiger partial charge in [-0.25, -0.2) is 8.42 Å². The van der Waals surface area contributed by atoms with Crippen LogP contribution in [-0.2, 0) is 14.6 Å². The SMILES string of the molecule is Cc1ccc(-c2cccc(N(C)c3ccc(S(=O)(=O)CC(=O)O)cc3)c2)cc1C. The van der Waals surface area contributed by atoms with Gasteiger partial charge in [0.25, 0.3) is 0 Å². The summed E-state index contributed by atoms with van der Waals surface area (Å²) in [6.45, 7) is 4.18. The highest BCUT2D eigenvalue weighted by molar-refractivity contribution is 7.92. The van der Waals surface area contributed by atoms with E-state index in [9.17, 15) is 13.2 Å². The van der Waals surface area contributed by atoms with Crippen molar-refractivity contribution in [1.82, 2.24) is 0 Å². The van der Waals surface area contributed by atoms with Crippen molar-refractivity contribution >= 4 is 27.2 Å². The molecular weight excluding hydrogens is 386 g/mol. The predicted molar refractivity (Wildman–Crippen MR) is 116 cm³/mol. The lowest BCUT2D eigenvalue weighted by Gasteiger charge is -2.21. The summed E-state index contributed by atoms with van der Waals surface area (Å²) in [4.78, 5) is 12.7. The summed E-state index contributed by atoms with van der Waals surface area (Å²) in [6, 6.07) is 20.7. The molecule has 0 fully saturated rings. The van der Waals surface area contributed by atoms with Crippen molar-refractivity contribution in [2.75, 3.05) is 17.7 Å². The van der Waals surface area contributed by atoms with Crippen LogP contribution in [-0.4, -0.2) is 32.3 Å². The lowest BCUT2D eigenvalue weighted by Crippen LogP contribution is -2.15. The van der Waals surface area contributed by atoms with Gasteiger partial charge in [0.15, 0.2) is 15.6 Å². The van der Waals surface area contributed by atoms with E-state index >= 15 is 0 Å². The van der Waals surface area contributed by atoms with Crippen LogP contribution in [0.15, 0.2) is 71.6 Å². The number of benzene rings is 3. The van der Waals surface area contributed by atoms with Crippen LogP contribution in [0.5, 0.6) is 0 Å². The molecule has 0 aliphatic rings. The second-order valence-electron chi connectivity index (χ2n) is 7.06. The number of nitrogens with zero attached hydrogens (tertiary/aromatic N) is 1. The van der Waals surface area contributed by atoms with Crippen LogP contribution in [0.3, 0.4) is 0 Å². The Morgan fingerprint density at radius 1 is 0.862 bits per heavy atom. The van der Waals surface area contributed by atoms with Crippen molar-refractivity contribution in [1.29, 1.82) is 0 Å². The average Bonchev–Trinajstić information content (AvgIpc) is 2.69. The topological polar surface area (TPSA) is 74.7 Å². The van der Waals surface area contributed by atoms with Crippen LogP contribution < -0.4 is 4.90 Å². The highest BCUT2D eigenvalue weighted by Gasteiger charge is 2.19. The smallest absolute Gasteiger partial charge is 0.319 e. The van der Waals surface area contributed by atoms with Crippen molar-refractivity contribution < 1.29 is 18.3 Å². The summed E-state index contributed by atoms with van der Waals surface area (Å²) < 4.78 is 24.1. The number of hydrogen-bond acceptors (Lipinski definition) is 4. The minimum absolute atomic E-state index is 0.000862. The Morgan fingerprint density at radius 3 is 2.14 bits per heavy atom. The van der Waals surface area contributed by atoms with Crippen molar-refractivity contribution in [2.45, 2.75) is 18.7 Å². The van der Waals surface area contributed by atoms with Crippen LogP contribution in [0, 0.1) is 13.8 Å². The molecule has 0 unspecified atom stereocenters. The summed E-state index contributed by atoms with van der Waals surface area (Å²) in [5, 5.41) is 8.77. The second-order valence-corrected chi connectivity index (χ2v) is 9.04. The first-order chi connectivity index (χ1) is 13.7. The molecule has 0 atom stereocenters. The van der Waals surface area contributed by atoms with Gasteiger partial charge >= 0.3 is 5.97 Å². The fourth-order valence-corrected chi connectivity index (χ4v) is 4.13. The van der Waals surface area contributed by atoms with E-state index in [2.05, 4.69) is 44.2 Å². The van der Waals surface area contributed by atoms with E-state index in [1.165, 1.54) is 23.3 Å². The molecule has 1 N–H and O–H groups in total. The van der Waals surface area contributed by atoms with Gasteiger partial charge in [-0.2, -0.15) is 0 Å². The normalized spacial score (nSPS) is 11.3. The molecule has 3 rings (SSSR count). The van der Waals surface area contributed by atoms with E-state index in [-0.39, 0.29) is 4.90 Å². The summed E-state index contributed by atoms with van der Waals surface area (Å²) in [5.74, 6) is -2.28. The third-order valence-corrected chi connectivity index (χ3v) is 6.59. The standard InChI is InChI=1S/C23H23NO4S/c1-16-7-8-19(13-17(16)2)18-5-4-6-21(14-18)24(3)20-9-11-22(12-10-20)29(27,28)15-23(25)26/h4-14H,15H2,1-3H3,(H,25,26). The molecule has 150 valence electrons. The number of aryl methyl sites for hydroxylation is 2. The number of hydrogen-bond donors (Lipinski definition) is 1. The van der Waals surface area contributed by atoms with Gasteiger partial charge in [-0.05, 0) is 72.5 Å². The molecule has 0 aliphatic heterocycles. The monoisotopic (exact) mass is 409 g/mol. The molecule has 6 heteroatoms. The number of carbonyl (C=O) groups is 1. The Balaban J connectivity index is 1.88. The van der Waals surface area contributed by atoms with Crippen LogP contribution in [0.1, 0.15) is 11.1 Å². The first-order valence-electron chi connectivity index (χ1n) is 9.13. The largest absolute Gasteiger partial charge is 0.480 e. The molecule has 5 nitrogen and oxygen atoms in total. The molecule has 0 radical (unpaired) electrons. The van der Waals surface area contributed by atoms with Crippen LogP contribution >= 0.6 is 0 Å². The average molecular weight is 410 g/mol. The fraction of sp³-hybridized carbons (Fsp3) is 0.174. The van der Waals surface area contributed by atoms with Crippen molar-refractivity contribution in [2.24, 2.45) is 0 Å². The van der Waals surface area contributed by atoms with Gasteiger partial charge in [-0.15, -0.1) is 0 Å². The molecular formula is C23H23NO4S. The lowest BCUT2D eigenvalue weighted by molar-refractivity contribution is -0.134. The summed E-state index contributed by atoms with van der Waals surface area (Å²) in [5.41, 5.74) is 6.48. The quantitative estimate of drug-likeness (QED) is 0.644. The van der Waals surface area contributed by atoms with E-state index in [0.717, 1.165) is 22.5 Å². The maximum absolute atomic E-state index is 12.1. The maximum atomic E-state index is 12.1. The lowest BCUT2D eigenvalue weighted by atomic mass is 10.00. The van der Waals surface area contributed by atoms with Crippen molar-refractivity contribution in [3.05, 3.63) is 77.9 Å². The number of carboxylic acids is 1. The Hall–Kier alpha value is -3.12. The zero-order valence-corrected chi connectivity index (χ0v) is 17.4. The number of carboxylic acid groups (broad SMARTS) is 1. The van der Waals surface area contributed by atoms with Crippen molar-refractivity contribution in [3.63, 3.8) is 0 Å². The third kappa shape index (κ3) is 4.66. The van der Waals surface area contributed by atoms with Gasteiger partial charge in [-0.1, -0.05) is 30.3 Å². The Bertz CT molecular complexity index is 1150. The number of aliphatic carboxylic acids is 1. The van der Waals surface area contributed by atoms with Crippen molar-refractivity contribution in [3.8, 4) is 11.1 Å². The van der Waals surface area contributed by atoms with Crippen LogP contribution in [0.2, 0.25) is 0 Å². The molecule has 3 aromatic carbocycles. The first kappa shape index (κ1) is 20.6. The number of anilines is 2. The van der Waals surface area contributed by atoms with E-state index in [0.29, 0.717) is 0 Å². The maximum Gasteiger partial charge on any atom is 0.319 e. The number of rotatable bonds is 6. The highest BCUT2D eigenvalue weighted by atomic mass is 32.2. The van der Waals surface area contributed by atoms with E-state index in [1.54, 1.807) is 12.1 Å². The van der Waals surface area contributed by atoms with Gasteiger partial charge in [0.05, 0.1) is 4.90 Å². The Morgan fingerprint density at radius 2 is 1.52 bits per heavy atom. The van der Waals surface area contributed by atoms with E-state index in [4.69, 9.17) is 5.11 Å². The minimum atomic E-state index is -3.84. The van der Waals surface area contributed by atoms with Crippen LogP contribution in [0.25, 0.3) is 11.1 Å². The Kier molecular flexibility index (Phi) is 5.75. The van der Waals surface area contributed by atoms with Gasteiger partial charge in [0, 0.05) is 18.4 Å². The molecule has 0 heterocycles. The first-order valence-corrected chi connectivity index (χ1v) is 10.8. The highest BCUT2D eigenvalue weighted by Crippen LogP contribution is 2.30. The van der Waals surface area contributed by atoms with Gasteiger partial charge in [-0.3, -0.25) is 4.79 Å². The molecule has 0 bridgehead atoms. The zero-order chi connectivity index (χ0) is 21.2. The van der Waals surface area contributed by atoms with Crippen LogP contribution in [0.4, 0.5) is 11.4 Å². The molecule has 0 saturated carbocycles. The fourth-order valence-electron chi connectivity index (χ4n) is 3.09. The van der Waals surface area contributed by atoms with E-state index < -0.39 is 21.6 Å². The van der Waals surface area contributed by atoms with E-state index in [1.807, 2.05) is 24.1 Å². The minimum Gasteiger partial charge on any atom is -0.480 e. The molecule has 0 aromatic heterocycles. The van der Waals surface area contributed by atoms with Gasteiger partial charge in [0.2, 0.25) is 0 Å². The third-order valence-electron chi connectivity index (χ3n) is 4.97. The Labute approximate surface area is 171 Å². The van der Waals surface area contributed by atoms with Gasteiger partial charge in [0.1, 0.15) is 0 Å². The molecule has 29 heavy (non-hydrogen) atoms. The molecule has 0 aliphatic carbocycles. The van der Waals surface area contributed by atoms with Gasteiger partial charge < -0.3 is 10.0 Å². The molecule has 0 spiro atoms. The molecule has 3 aromatic rings.